The highest BCUT2D eigenvalue weighted by atomic mass is 19.3. The van der Waals surface area contributed by atoms with Crippen molar-refractivity contribution in [2.24, 2.45) is 5.73 Å². The van der Waals surface area contributed by atoms with Crippen LogP contribution < -0.4 is 5.73 Å². The van der Waals surface area contributed by atoms with E-state index in [1.807, 2.05) is 0 Å². The van der Waals surface area contributed by atoms with Crippen LogP contribution in [0.2, 0.25) is 0 Å². The second-order valence-electron chi connectivity index (χ2n) is 2.42. The Balaban J connectivity index is 3.03. The van der Waals surface area contributed by atoms with E-state index in [1.165, 1.54) is 6.07 Å². The smallest absolute Gasteiger partial charge is 0.285 e. The first-order valence-electron chi connectivity index (χ1n) is 3.40. The van der Waals surface area contributed by atoms with Gasteiger partial charge >= 0.3 is 0 Å². The van der Waals surface area contributed by atoms with Crippen LogP contribution in [0.15, 0.2) is 24.3 Å². The van der Waals surface area contributed by atoms with E-state index in [9.17, 15) is 13.2 Å². The molecule has 0 aliphatic carbocycles. The predicted molar refractivity (Wildman–Crippen MR) is 39.3 cm³/mol. The molecule has 1 rings (SSSR count). The summed E-state index contributed by atoms with van der Waals surface area (Å²) in [6, 6.07) is 4.27. The molecule has 2 N–H and O–H groups in total. The normalized spacial score (nSPS) is 11.7. The van der Waals surface area contributed by atoms with E-state index in [0.717, 1.165) is 18.2 Å². The van der Waals surface area contributed by atoms with Crippen LogP contribution in [0.1, 0.15) is 5.56 Å². The Hall–Kier alpha value is -1.03. The second-order valence-corrected chi connectivity index (χ2v) is 2.42. The SMILES string of the molecule is NCC(F)(F)c1cccc(F)c1. The number of rotatable bonds is 2. The fourth-order valence-corrected chi connectivity index (χ4v) is 0.834. The summed E-state index contributed by atoms with van der Waals surface area (Å²) in [5, 5.41) is 0. The summed E-state index contributed by atoms with van der Waals surface area (Å²) in [4.78, 5) is 0. The molecule has 0 atom stereocenters. The maximum atomic E-state index is 12.8. The summed E-state index contributed by atoms with van der Waals surface area (Å²) in [6.07, 6.45) is 0. The van der Waals surface area contributed by atoms with Gasteiger partial charge in [0.25, 0.3) is 5.92 Å². The van der Waals surface area contributed by atoms with Gasteiger partial charge in [0.15, 0.2) is 0 Å². The summed E-state index contributed by atoms with van der Waals surface area (Å²) >= 11 is 0. The zero-order valence-electron chi connectivity index (χ0n) is 6.23. The summed E-state index contributed by atoms with van der Waals surface area (Å²) in [5.41, 5.74) is 4.43. The first-order valence-corrected chi connectivity index (χ1v) is 3.40. The number of hydrogen-bond acceptors (Lipinski definition) is 1. The molecule has 12 heavy (non-hydrogen) atoms. The van der Waals surface area contributed by atoms with Crippen molar-refractivity contribution < 1.29 is 13.2 Å². The molecule has 4 heteroatoms. The van der Waals surface area contributed by atoms with Crippen molar-refractivity contribution in [1.82, 2.24) is 0 Å². The zero-order chi connectivity index (χ0) is 9.19. The van der Waals surface area contributed by atoms with E-state index in [2.05, 4.69) is 0 Å². The molecule has 0 aliphatic heterocycles. The molecule has 0 aliphatic rings. The molecule has 0 unspecified atom stereocenters. The topological polar surface area (TPSA) is 26.0 Å². The van der Waals surface area contributed by atoms with Crippen molar-refractivity contribution in [2.45, 2.75) is 5.92 Å². The lowest BCUT2D eigenvalue weighted by atomic mass is 10.1. The van der Waals surface area contributed by atoms with Crippen molar-refractivity contribution in [2.75, 3.05) is 6.54 Å². The largest absolute Gasteiger partial charge is 0.325 e. The Bertz CT molecular complexity index is 273. The summed E-state index contributed by atoms with van der Waals surface area (Å²) in [7, 11) is 0. The lowest BCUT2D eigenvalue weighted by Crippen LogP contribution is -2.25. The van der Waals surface area contributed by atoms with Crippen LogP contribution in [0.4, 0.5) is 13.2 Å². The predicted octanol–water partition coefficient (Wildman–Crippen LogP) is 1.88. The molecule has 0 saturated carbocycles. The monoisotopic (exact) mass is 175 g/mol. The van der Waals surface area contributed by atoms with Crippen LogP contribution in [-0.2, 0) is 5.92 Å². The number of alkyl halides is 2. The third kappa shape index (κ3) is 1.76. The minimum Gasteiger partial charge on any atom is -0.325 e. The molecule has 0 saturated heterocycles. The van der Waals surface area contributed by atoms with Crippen molar-refractivity contribution in [3.8, 4) is 0 Å². The highest BCUT2D eigenvalue weighted by molar-refractivity contribution is 5.21. The molecule has 0 radical (unpaired) electrons. The average molecular weight is 175 g/mol. The van der Waals surface area contributed by atoms with Crippen LogP contribution in [0, 0.1) is 5.82 Å². The minimum absolute atomic E-state index is 0.384. The maximum absolute atomic E-state index is 12.8. The molecule has 0 bridgehead atoms. The first kappa shape index (κ1) is 9.06. The molecule has 66 valence electrons. The zero-order valence-corrected chi connectivity index (χ0v) is 6.23. The van der Waals surface area contributed by atoms with Gasteiger partial charge in [0.1, 0.15) is 5.82 Å². The van der Waals surface area contributed by atoms with Crippen LogP contribution >= 0.6 is 0 Å². The number of hydrogen-bond donors (Lipinski definition) is 1. The standard InChI is InChI=1S/C8H8F3N/c9-7-3-1-2-6(4-7)8(10,11)5-12/h1-4H,5,12H2. The van der Waals surface area contributed by atoms with Crippen molar-refractivity contribution in [1.29, 1.82) is 0 Å². The highest BCUT2D eigenvalue weighted by Gasteiger charge is 2.29. The molecular formula is C8H8F3N. The van der Waals surface area contributed by atoms with Crippen LogP contribution in [-0.4, -0.2) is 6.54 Å². The summed E-state index contributed by atoms with van der Waals surface area (Å²) in [5.74, 6) is -3.82. The summed E-state index contributed by atoms with van der Waals surface area (Å²) < 4.78 is 38.0. The van der Waals surface area contributed by atoms with Crippen LogP contribution in [0.5, 0.6) is 0 Å². The molecule has 1 nitrogen and oxygen atoms in total. The van der Waals surface area contributed by atoms with Gasteiger partial charge in [0, 0.05) is 5.56 Å². The van der Waals surface area contributed by atoms with E-state index < -0.39 is 18.3 Å². The number of nitrogens with two attached hydrogens (primary N) is 1. The molecular weight excluding hydrogens is 167 g/mol. The highest BCUT2D eigenvalue weighted by Crippen LogP contribution is 2.26. The Labute approximate surface area is 68.0 Å². The fourth-order valence-electron chi connectivity index (χ4n) is 0.834. The van der Waals surface area contributed by atoms with Crippen molar-refractivity contribution >= 4 is 0 Å². The Morgan fingerprint density at radius 1 is 1.33 bits per heavy atom. The van der Waals surface area contributed by atoms with Gasteiger partial charge in [-0.1, -0.05) is 12.1 Å². The molecule has 0 fully saturated rings. The van der Waals surface area contributed by atoms with Gasteiger partial charge in [0.2, 0.25) is 0 Å². The quantitative estimate of drug-likeness (QED) is 0.729. The van der Waals surface area contributed by atoms with Crippen LogP contribution in [0.25, 0.3) is 0 Å². The van der Waals surface area contributed by atoms with Gasteiger partial charge in [-0.05, 0) is 12.1 Å². The van der Waals surface area contributed by atoms with Crippen LogP contribution in [0.3, 0.4) is 0 Å². The summed E-state index contributed by atoms with van der Waals surface area (Å²) in [6.45, 7) is -0.809. The van der Waals surface area contributed by atoms with Gasteiger partial charge < -0.3 is 5.73 Å². The van der Waals surface area contributed by atoms with E-state index in [0.29, 0.717) is 0 Å². The average Bonchev–Trinajstić information content (AvgIpc) is 2.05. The van der Waals surface area contributed by atoms with E-state index in [4.69, 9.17) is 5.73 Å². The van der Waals surface area contributed by atoms with Gasteiger partial charge in [-0.25, -0.2) is 4.39 Å². The van der Waals surface area contributed by atoms with Gasteiger partial charge in [0.05, 0.1) is 6.54 Å². The fraction of sp³-hybridized carbons (Fsp3) is 0.250. The van der Waals surface area contributed by atoms with Crippen molar-refractivity contribution in [3.63, 3.8) is 0 Å². The Morgan fingerprint density at radius 3 is 2.50 bits per heavy atom. The molecule has 0 heterocycles. The van der Waals surface area contributed by atoms with E-state index in [-0.39, 0.29) is 5.56 Å². The van der Waals surface area contributed by atoms with Gasteiger partial charge in [-0.15, -0.1) is 0 Å². The lowest BCUT2D eigenvalue weighted by Gasteiger charge is -2.13. The van der Waals surface area contributed by atoms with Gasteiger partial charge in [-0.3, -0.25) is 0 Å². The Kier molecular flexibility index (Phi) is 2.38. The van der Waals surface area contributed by atoms with Crippen molar-refractivity contribution in [3.05, 3.63) is 35.6 Å². The molecule has 0 amide bonds. The van der Waals surface area contributed by atoms with Gasteiger partial charge in [-0.2, -0.15) is 8.78 Å². The Morgan fingerprint density at radius 2 is 2.00 bits per heavy atom. The first-order chi connectivity index (χ1) is 5.56. The number of halogens is 3. The maximum Gasteiger partial charge on any atom is 0.285 e. The lowest BCUT2D eigenvalue weighted by molar-refractivity contribution is 0.00565. The number of benzene rings is 1. The van der Waals surface area contributed by atoms with E-state index >= 15 is 0 Å². The molecule has 0 aromatic heterocycles. The third-order valence-corrected chi connectivity index (χ3v) is 1.50. The van der Waals surface area contributed by atoms with E-state index in [1.54, 1.807) is 0 Å². The molecule has 1 aromatic rings. The molecule has 0 spiro atoms. The minimum atomic E-state index is -3.14. The third-order valence-electron chi connectivity index (χ3n) is 1.50. The molecule has 1 aromatic carbocycles. The second kappa shape index (κ2) is 3.15.